The molecular weight excluding hydrogens is 314 g/mol. The summed E-state index contributed by atoms with van der Waals surface area (Å²) in [6.07, 6.45) is 0.890. The Kier molecular flexibility index (Phi) is 6.74. The molecule has 0 aliphatic carbocycles. The first-order valence-electron chi connectivity index (χ1n) is 8.83. The normalized spacial score (nSPS) is 10.4. The quantitative estimate of drug-likeness (QED) is 0.769. The maximum atomic E-state index is 11.8. The zero-order valence-corrected chi connectivity index (χ0v) is 15.5. The van der Waals surface area contributed by atoms with Crippen LogP contribution in [0.4, 0.5) is 17.2 Å². The number of anilines is 3. The summed E-state index contributed by atoms with van der Waals surface area (Å²) in [5.41, 5.74) is 3.65. The topological polar surface area (TPSA) is 70.2 Å². The van der Waals surface area contributed by atoms with Crippen LogP contribution < -0.4 is 15.5 Å². The number of carbonyl (C=O) groups is 1. The fourth-order valence-corrected chi connectivity index (χ4v) is 2.56. The van der Waals surface area contributed by atoms with Crippen molar-refractivity contribution in [2.45, 2.75) is 34.1 Å². The molecule has 2 rings (SSSR count). The number of amides is 1. The maximum Gasteiger partial charge on any atom is 0.271 e. The van der Waals surface area contributed by atoms with Crippen molar-refractivity contribution in [2.75, 3.05) is 29.9 Å². The Labute approximate surface area is 149 Å². The van der Waals surface area contributed by atoms with Crippen LogP contribution >= 0.6 is 0 Å². The molecule has 0 aliphatic heterocycles. The number of hydrogen-bond acceptors (Lipinski definition) is 5. The van der Waals surface area contributed by atoms with Gasteiger partial charge in [0, 0.05) is 31.0 Å². The van der Waals surface area contributed by atoms with Crippen LogP contribution in [0, 0.1) is 6.92 Å². The molecule has 1 aromatic heterocycles. The average Bonchev–Trinajstić information content (AvgIpc) is 2.63. The first-order chi connectivity index (χ1) is 12.1. The van der Waals surface area contributed by atoms with Crippen molar-refractivity contribution in [3.63, 3.8) is 0 Å². The van der Waals surface area contributed by atoms with E-state index in [1.54, 1.807) is 12.1 Å². The number of carbonyl (C=O) groups excluding carboxylic acids is 1. The summed E-state index contributed by atoms with van der Waals surface area (Å²) in [5.74, 6) is 0.423. The summed E-state index contributed by atoms with van der Waals surface area (Å²) >= 11 is 0. The Hall–Kier alpha value is -2.63. The molecule has 1 aromatic carbocycles. The van der Waals surface area contributed by atoms with Crippen molar-refractivity contribution >= 4 is 23.1 Å². The van der Waals surface area contributed by atoms with Gasteiger partial charge in [0.1, 0.15) is 0 Å². The Morgan fingerprint density at radius 1 is 1.08 bits per heavy atom. The van der Waals surface area contributed by atoms with Gasteiger partial charge in [-0.25, -0.2) is 0 Å². The minimum absolute atomic E-state index is 0.194. The van der Waals surface area contributed by atoms with Gasteiger partial charge in [0.2, 0.25) is 0 Å². The fraction of sp³-hybridized carbons (Fsp3) is 0.421. The van der Waals surface area contributed by atoms with Crippen LogP contribution in [-0.2, 0) is 0 Å². The molecule has 134 valence electrons. The van der Waals surface area contributed by atoms with Crippen LogP contribution in [-0.4, -0.2) is 35.7 Å². The summed E-state index contributed by atoms with van der Waals surface area (Å²) < 4.78 is 0. The molecule has 2 N–H and O–H groups in total. The Bertz CT molecular complexity index is 695. The summed E-state index contributed by atoms with van der Waals surface area (Å²) in [7, 11) is 0. The number of aromatic nitrogens is 2. The number of nitrogens with zero attached hydrogens (tertiary/aromatic N) is 3. The highest BCUT2D eigenvalue weighted by Crippen LogP contribution is 2.24. The van der Waals surface area contributed by atoms with E-state index in [9.17, 15) is 4.79 Å². The smallest absolute Gasteiger partial charge is 0.271 e. The molecule has 0 bridgehead atoms. The number of aryl methyl sites for hydroxylation is 1. The van der Waals surface area contributed by atoms with Gasteiger partial charge in [-0.1, -0.05) is 6.92 Å². The third kappa shape index (κ3) is 4.92. The van der Waals surface area contributed by atoms with Crippen LogP contribution in [0.25, 0.3) is 0 Å². The summed E-state index contributed by atoms with van der Waals surface area (Å²) in [6, 6.07) is 9.76. The summed E-state index contributed by atoms with van der Waals surface area (Å²) in [4.78, 5) is 14.2. The molecule has 0 unspecified atom stereocenters. The molecule has 0 saturated heterocycles. The van der Waals surface area contributed by atoms with E-state index >= 15 is 0 Å². The molecular formula is C19H27N5O. The van der Waals surface area contributed by atoms with Crippen molar-refractivity contribution in [1.82, 2.24) is 15.5 Å². The maximum absolute atomic E-state index is 11.8. The zero-order valence-electron chi connectivity index (χ0n) is 15.5. The van der Waals surface area contributed by atoms with Gasteiger partial charge < -0.3 is 15.5 Å². The lowest BCUT2D eigenvalue weighted by atomic mass is 10.1. The molecule has 25 heavy (non-hydrogen) atoms. The summed E-state index contributed by atoms with van der Waals surface area (Å²) in [5, 5.41) is 14.1. The van der Waals surface area contributed by atoms with Gasteiger partial charge in [0.25, 0.3) is 5.91 Å². The highest BCUT2D eigenvalue weighted by Gasteiger charge is 2.09. The van der Waals surface area contributed by atoms with E-state index in [2.05, 4.69) is 58.6 Å². The predicted octanol–water partition coefficient (Wildman–Crippen LogP) is 3.51. The lowest BCUT2D eigenvalue weighted by Gasteiger charge is -2.22. The van der Waals surface area contributed by atoms with Gasteiger partial charge in [0.15, 0.2) is 11.5 Å². The fourth-order valence-electron chi connectivity index (χ4n) is 2.56. The molecule has 0 fully saturated rings. The number of hydrogen-bond donors (Lipinski definition) is 2. The third-order valence-corrected chi connectivity index (χ3v) is 4.03. The molecule has 1 heterocycles. The van der Waals surface area contributed by atoms with Gasteiger partial charge >= 0.3 is 0 Å². The molecule has 0 radical (unpaired) electrons. The second-order valence-corrected chi connectivity index (χ2v) is 5.86. The standard InChI is InChI=1S/C19H27N5O/c1-5-12-20-19(25)17-10-11-18(23-22-17)21-16-9-8-15(13-14(16)4)24(6-2)7-3/h8-11,13H,5-7,12H2,1-4H3,(H,20,25)(H,21,23). The van der Waals surface area contributed by atoms with Gasteiger partial charge in [-0.3, -0.25) is 4.79 Å². The van der Waals surface area contributed by atoms with Crippen molar-refractivity contribution < 1.29 is 4.79 Å². The Morgan fingerprint density at radius 3 is 2.40 bits per heavy atom. The Balaban J connectivity index is 2.08. The summed E-state index contributed by atoms with van der Waals surface area (Å²) in [6.45, 7) is 11.0. The van der Waals surface area contributed by atoms with Gasteiger partial charge in [-0.2, -0.15) is 0 Å². The minimum atomic E-state index is -0.194. The van der Waals surface area contributed by atoms with Crippen molar-refractivity contribution in [3.05, 3.63) is 41.6 Å². The van der Waals surface area contributed by atoms with E-state index in [1.807, 2.05) is 13.0 Å². The first kappa shape index (κ1) is 18.7. The highest BCUT2D eigenvalue weighted by molar-refractivity contribution is 5.92. The predicted molar refractivity (Wildman–Crippen MR) is 103 cm³/mol. The van der Waals surface area contributed by atoms with Gasteiger partial charge in [-0.15, -0.1) is 10.2 Å². The van der Waals surface area contributed by atoms with Crippen LogP contribution in [0.5, 0.6) is 0 Å². The molecule has 0 saturated carbocycles. The first-order valence-corrected chi connectivity index (χ1v) is 8.83. The number of rotatable bonds is 8. The zero-order chi connectivity index (χ0) is 18.2. The molecule has 6 heteroatoms. The lowest BCUT2D eigenvalue weighted by molar-refractivity contribution is 0.0947. The molecule has 1 amide bonds. The van der Waals surface area contributed by atoms with Crippen molar-refractivity contribution in [3.8, 4) is 0 Å². The van der Waals surface area contributed by atoms with E-state index in [0.29, 0.717) is 18.1 Å². The number of benzene rings is 1. The van der Waals surface area contributed by atoms with E-state index in [-0.39, 0.29) is 5.91 Å². The van der Waals surface area contributed by atoms with Gasteiger partial charge in [0.05, 0.1) is 0 Å². The molecule has 0 atom stereocenters. The minimum Gasteiger partial charge on any atom is -0.372 e. The van der Waals surface area contributed by atoms with Crippen molar-refractivity contribution in [2.24, 2.45) is 0 Å². The monoisotopic (exact) mass is 341 g/mol. The largest absolute Gasteiger partial charge is 0.372 e. The number of nitrogens with one attached hydrogen (secondary N) is 2. The lowest BCUT2D eigenvalue weighted by Crippen LogP contribution is -2.25. The van der Waals surface area contributed by atoms with E-state index in [4.69, 9.17) is 0 Å². The molecule has 0 aliphatic rings. The van der Waals surface area contributed by atoms with Crippen molar-refractivity contribution in [1.29, 1.82) is 0 Å². The van der Waals surface area contributed by atoms with E-state index in [0.717, 1.165) is 30.8 Å². The van der Waals surface area contributed by atoms with E-state index < -0.39 is 0 Å². The van der Waals surface area contributed by atoms with E-state index in [1.165, 1.54) is 5.69 Å². The van der Waals surface area contributed by atoms with Crippen LogP contribution in [0.2, 0.25) is 0 Å². The molecule has 6 nitrogen and oxygen atoms in total. The molecule has 0 spiro atoms. The van der Waals surface area contributed by atoms with Gasteiger partial charge in [-0.05, 0) is 63.1 Å². The SMILES string of the molecule is CCCNC(=O)c1ccc(Nc2ccc(N(CC)CC)cc2C)nn1. The Morgan fingerprint density at radius 2 is 1.84 bits per heavy atom. The highest BCUT2D eigenvalue weighted by atomic mass is 16.1. The molecule has 2 aromatic rings. The van der Waals surface area contributed by atoms with Crippen LogP contribution in [0.1, 0.15) is 43.2 Å². The second-order valence-electron chi connectivity index (χ2n) is 5.86. The second kappa shape index (κ2) is 9.01. The van der Waals surface area contributed by atoms with Crippen LogP contribution in [0.3, 0.4) is 0 Å². The average molecular weight is 341 g/mol. The third-order valence-electron chi connectivity index (χ3n) is 4.03. The van der Waals surface area contributed by atoms with Crippen LogP contribution in [0.15, 0.2) is 30.3 Å².